The first kappa shape index (κ1) is 13.0. The van der Waals surface area contributed by atoms with Gasteiger partial charge in [0.2, 0.25) is 0 Å². The SMILES string of the molecule is Cc1ccc2[nH]c3c(c2c1)CN(Cc1nnc(C)s1)CC3. The van der Waals surface area contributed by atoms with Crippen molar-refractivity contribution < 1.29 is 0 Å². The summed E-state index contributed by atoms with van der Waals surface area (Å²) in [6.45, 7) is 7.15. The summed E-state index contributed by atoms with van der Waals surface area (Å²) in [6, 6.07) is 6.66. The predicted octanol–water partition coefficient (Wildman–Crippen LogP) is 3.19. The highest BCUT2D eigenvalue weighted by Gasteiger charge is 2.21. The standard InChI is InChI=1S/C16H18N4S/c1-10-3-4-14-12(7-10)13-8-20(6-5-15(13)17-14)9-16-19-18-11(2)21-16/h3-4,7,17H,5-6,8-9H2,1-2H3. The van der Waals surface area contributed by atoms with E-state index in [0.717, 1.165) is 36.1 Å². The Morgan fingerprint density at radius 1 is 1.29 bits per heavy atom. The van der Waals surface area contributed by atoms with Crippen LogP contribution in [-0.2, 0) is 19.5 Å². The van der Waals surface area contributed by atoms with Crippen LogP contribution in [0.5, 0.6) is 0 Å². The summed E-state index contributed by atoms with van der Waals surface area (Å²) < 4.78 is 0. The number of H-pyrrole nitrogens is 1. The van der Waals surface area contributed by atoms with E-state index in [1.54, 1.807) is 11.3 Å². The molecule has 4 rings (SSSR count). The van der Waals surface area contributed by atoms with Crippen molar-refractivity contribution in [3.8, 4) is 0 Å². The highest BCUT2D eigenvalue weighted by molar-refractivity contribution is 7.11. The minimum atomic E-state index is 0.906. The lowest BCUT2D eigenvalue weighted by atomic mass is 10.0. The molecule has 108 valence electrons. The smallest absolute Gasteiger partial charge is 0.131 e. The van der Waals surface area contributed by atoms with E-state index in [-0.39, 0.29) is 0 Å². The van der Waals surface area contributed by atoms with Crippen molar-refractivity contribution in [2.75, 3.05) is 6.54 Å². The first-order chi connectivity index (χ1) is 10.2. The van der Waals surface area contributed by atoms with Gasteiger partial charge in [-0.1, -0.05) is 11.6 Å². The fourth-order valence-corrected chi connectivity index (χ4v) is 3.86. The summed E-state index contributed by atoms with van der Waals surface area (Å²) in [5, 5.41) is 11.9. The van der Waals surface area contributed by atoms with E-state index in [0.29, 0.717) is 0 Å². The van der Waals surface area contributed by atoms with Gasteiger partial charge in [-0.2, -0.15) is 0 Å². The molecule has 21 heavy (non-hydrogen) atoms. The van der Waals surface area contributed by atoms with Crippen LogP contribution in [0.2, 0.25) is 0 Å². The van der Waals surface area contributed by atoms with Gasteiger partial charge in [0.1, 0.15) is 10.0 Å². The summed E-state index contributed by atoms with van der Waals surface area (Å²) in [6.07, 6.45) is 1.08. The summed E-state index contributed by atoms with van der Waals surface area (Å²) in [5.74, 6) is 0. The van der Waals surface area contributed by atoms with E-state index in [2.05, 4.69) is 45.2 Å². The number of aromatic nitrogens is 3. The molecule has 1 aliphatic heterocycles. The zero-order chi connectivity index (χ0) is 14.4. The molecule has 0 bridgehead atoms. The van der Waals surface area contributed by atoms with Gasteiger partial charge < -0.3 is 4.98 Å². The van der Waals surface area contributed by atoms with Gasteiger partial charge in [0.15, 0.2) is 0 Å². The van der Waals surface area contributed by atoms with Crippen LogP contribution in [-0.4, -0.2) is 26.6 Å². The average Bonchev–Trinajstić information content (AvgIpc) is 3.02. The molecule has 0 fully saturated rings. The molecule has 3 heterocycles. The number of aromatic amines is 1. The van der Waals surface area contributed by atoms with E-state index in [4.69, 9.17) is 0 Å². The fraction of sp³-hybridized carbons (Fsp3) is 0.375. The lowest BCUT2D eigenvalue weighted by molar-refractivity contribution is 0.245. The first-order valence-electron chi connectivity index (χ1n) is 7.30. The number of fused-ring (bicyclic) bond motifs is 3. The number of nitrogens with one attached hydrogen (secondary N) is 1. The van der Waals surface area contributed by atoms with E-state index in [9.17, 15) is 0 Å². The Balaban J connectivity index is 1.64. The summed E-state index contributed by atoms with van der Waals surface area (Å²) in [5.41, 5.74) is 5.45. The molecule has 2 aromatic heterocycles. The van der Waals surface area contributed by atoms with Crippen molar-refractivity contribution in [3.05, 3.63) is 45.0 Å². The molecule has 1 aromatic carbocycles. The molecule has 0 aliphatic carbocycles. The Kier molecular flexibility index (Phi) is 3.05. The highest BCUT2D eigenvalue weighted by Crippen LogP contribution is 2.29. The maximum absolute atomic E-state index is 4.25. The maximum Gasteiger partial charge on any atom is 0.131 e. The van der Waals surface area contributed by atoms with Crippen LogP contribution >= 0.6 is 11.3 Å². The lowest BCUT2D eigenvalue weighted by Gasteiger charge is -2.26. The minimum absolute atomic E-state index is 0.906. The zero-order valence-corrected chi connectivity index (χ0v) is 13.1. The Morgan fingerprint density at radius 3 is 3.00 bits per heavy atom. The molecule has 0 radical (unpaired) electrons. The van der Waals surface area contributed by atoms with Crippen molar-refractivity contribution in [2.45, 2.75) is 33.4 Å². The van der Waals surface area contributed by atoms with Crippen molar-refractivity contribution in [1.82, 2.24) is 20.1 Å². The molecule has 3 aromatic rings. The number of hydrogen-bond donors (Lipinski definition) is 1. The fourth-order valence-electron chi connectivity index (χ4n) is 3.11. The summed E-state index contributed by atoms with van der Waals surface area (Å²) >= 11 is 1.70. The first-order valence-corrected chi connectivity index (χ1v) is 8.12. The van der Waals surface area contributed by atoms with Crippen molar-refractivity contribution in [1.29, 1.82) is 0 Å². The molecule has 4 nitrogen and oxygen atoms in total. The van der Waals surface area contributed by atoms with Gasteiger partial charge in [-0.05, 0) is 31.5 Å². The second-order valence-corrected chi connectivity index (χ2v) is 7.07. The van der Waals surface area contributed by atoms with Gasteiger partial charge in [0, 0.05) is 36.1 Å². The molecule has 0 saturated heterocycles. The maximum atomic E-state index is 4.25. The number of hydrogen-bond acceptors (Lipinski definition) is 4. The van der Waals surface area contributed by atoms with Crippen LogP contribution in [0.4, 0.5) is 0 Å². The van der Waals surface area contributed by atoms with Gasteiger partial charge >= 0.3 is 0 Å². The summed E-state index contributed by atoms with van der Waals surface area (Å²) in [7, 11) is 0. The van der Waals surface area contributed by atoms with Gasteiger partial charge in [-0.25, -0.2) is 0 Å². The Morgan fingerprint density at radius 2 is 2.19 bits per heavy atom. The number of rotatable bonds is 2. The van der Waals surface area contributed by atoms with E-state index in [1.807, 2.05) is 6.92 Å². The van der Waals surface area contributed by atoms with Gasteiger partial charge in [0.25, 0.3) is 0 Å². The van der Waals surface area contributed by atoms with Crippen LogP contribution in [0.1, 0.15) is 26.8 Å². The molecular weight excluding hydrogens is 280 g/mol. The van der Waals surface area contributed by atoms with E-state index in [1.165, 1.54) is 27.7 Å². The third kappa shape index (κ3) is 2.36. The lowest BCUT2D eigenvalue weighted by Crippen LogP contribution is -2.29. The number of benzene rings is 1. The molecule has 1 N–H and O–H groups in total. The Hall–Kier alpha value is -1.72. The van der Waals surface area contributed by atoms with Crippen LogP contribution in [0, 0.1) is 13.8 Å². The molecule has 5 heteroatoms. The Labute approximate surface area is 127 Å². The normalized spacial score (nSPS) is 15.5. The topological polar surface area (TPSA) is 44.8 Å². The Bertz CT molecular complexity index is 802. The van der Waals surface area contributed by atoms with Gasteiger partial charge in [-0.3, -0.25) is 4.90 Å². The van der Waals surface area contributed by atoms with E-state index < -0.39 is 0 Å². The van der Waals surface area contributed by atoms with Crippen molar-refractivity contribution >= 4 is 22.2 Å². The van der Waals surface area contributed by atoms with Crippen molar-refractivity contribution in [3.63, 3.8) is 0 Å². The largest absolute Gasteiger partial charge is 0.358 e. The highest BCUT2D eigenvalue weighted by atomic mass is 32.1. The van der Waals surface area contributed by atoms with Gasteiger partial charge in [-0.15, -0.1) is 21.5 Å². The van der Waals surface area contributed by atoms with Crippen LogP contribution in [0.25, 0.3) is 10.9 Å². The molecule has 0 amide bonds. The third-order valence-electron chi connectivity index (χ3n) is 4.14. The molecule has 0 saturated carbocycles. The predicted molar refractivity (Wildman–Crippen MR) is 85.5 cm³/mol. The minimum Gasteiger partial charge on any atom is -0.358 e. The zero-order valence-electron chi connectivity index (χ0n) is 12.3. The average molecular weight is 298 g/mol. The quantitative estimate of drug-likeness (QED) is 0.790. The van der Waals surface area contributed by atoms with Crippen LogP contribution < -0.4 is 0 Å². The second-order valence-electron chi connectivity index (χ2n) is 5.81. The van der Waals surface area contributed by atoms with E-state index >= 15 is 0 Å². The van der Waals surface area contributed by atoms with Crippen LogP contribution in [0.15, 0.2) is 18.2 Å². The molecule has 0 atom stereocenters. The second kappa shape index (κ2) is 4.93. The third-order valence-corrected chi connectivity index (χ3v) is 4.96. The van der Waals surface area contributed by atoms with Crippen molar-refractivity contribution in [2.24, 2.45) is 0 Å². The van der Waals surface area contributed by atoms with Crippen LogP contribution in [0.3, 0.4) is 0 Å². The molecule has 0 spiro atoms. The monoisotopic (exact) mass is 298 g/mol. The molecular formula is C16H18N4S. The number of nitrogens with zero attached hydrogens (tertiary/aromatic N) is 3. The molecule has 0 unspecified atom stereocenters. The van der Waals surface area contributed by atoms with Gasteiger partial charge in [0.05, 0.1) is 6.54 Å². The number of aryl methyl sites for hydroxylation is 2. The summed E-state index contributed by atoms with van der Waals surface area (Å²) in [4.78, 5) is 6.05. The molecule has 1 aliphatic rings.